The Labute approximate surface area is 156 Å². The van der Waals surface area contributed by atoms with Gasteiger partial charge in [-0.2, -0.15) is 0 Å². The summed E-state index contributed by atoms with van der Waals surface area (Å²) in [5.41, 5.74) is 2.53. The maximum Gasteiger partial charge on any atom is 0.339 e. The predicted octanol–water partition coefficient (Wildman–Crippen LogP) is 5.96. The highest BCUT2D eigenvalue weighted by molar-refractivity contribution is 5.91. The molecule has 3 nitrogen and oxygen atoms in total. The minimum Gasteiger partial charge on any atom is -0.507 e. The number of aromatic carboxylic acids is 1. The second kappa shape index (κ2) is 7.14. The molecule has 2 aromatic rings. The lowest BCUT2D eigenvalue weighted by molar-refractivity contribution is 0.0693. The van der Waals surface area contributed by atoms with Crippen molar-refractivity contribution in [2.24, 2.45) is 5.41 Å². The van der Waals surface area contributed by atoms with Gasteiger partial charge in [-0.1, -0.05) is 77.9 Å². The van der Waals surface area contributed by atoms with Crippen LogP contribution in [0.4, 0.5) is 0 Å². The van der Waals surface area contributed by atoms with Crippen molar-refractivity contribution in [2.75, 3.05) is 0 Å². The van der Waals surface area contributed by atoms with E-state index in [1.165, 1.54) is 0 Å². The van der Waals surface area contributed by atoms with Crippen molar-refractivity contribution in [3.05, 3.63) is 64.7 Å². The van der Waals surface area contributed by atoms with Gasteiger partial charge in [0.15, 0.2) is 0 Å². The maximum atomic E-state index is 11.7. The van der Waals surface area contributed by atoms with Crippen molar-refractivity contribution >= 4 is 5.97 Å². The molecule has 0 amide bonds. The van der Waals surface area contributed by atoms with E-state index >= 15 is 0 Å². The molecule has 1 unspecified atom stereocenters. The third-order valence-electron chi connectivity index (χ3n) is 4.89. The lowest BCUT2D eigenvalue weighted by Gasteiger charge is -2.34. The van der Waals surface area contributed by atoms with E-state index in [2.05, 4.69) is 34.6 Å². The van der Waals surface area contributed by atoms with Crippen molar-refractivity contribution < 1.29 is 15.0 Å². The molecule has 0 saturated heterocycles. The summed E-state index contributed by atoms with van der Waals surface area (Å²) in [4.78, 5) is 11.7. The summed E-state index contributed by atoms with van der Waals surface area (Å²) in [7, 11) is 0. The molecule has 0 radical (unpaired) electrons. The zero-order valence-electron chi connectivity index (χ0n) is 16.6. The normalized spacial score (nSPS) is 13.5. The average molecular weight is 354 g/mol. The van der Waals surface area contributed by atoms with Crippen LogP contribution in [0.3, 0.4) is 0 Å². The van der Waals surface area contributed by atoms with E-state index < -0.39 is 5.97 Å². The average Bonchev–Trinajstić information content (AvgIpc) is 2.52. The van der Waals surface area contributed by atoms with Crippen LogP contribution < -0.4 is 0 Å². The summed E-state index contributed by atoms with van der Waals surface area (Å²) in [5.74, 6) is -1.33. The van der Waals surface area contributed by atoms with Gasteiger partial charge in [-0.15, -0.1) is 0 Å². The zero-order chi connectivity index (χ0) is 19.7. The molecule has 0 fully saturated rings. The highest BCUT2D eigenvalue weighted by atomic mass is 16.4. The van der Waals surface area contributed by atoms with Crippen LogP contribution in [0.1, 0.15) is 80.9 Å². The fraction of sp³-hybridized carbons (Fsp3) is 0.435. The molecule has 0 saturated carbocycles. The summed E-state index contributed by atoms with van der Waals surface area (Å²) in [5, 5.41) is 20.2. The number of hydrogen-bond acceptors (Lipinski definition) is 2. The first kappa shape index (κ1) is 20.0. The van der Waals surface area contributed by atoms with Crippen molar-refractivity contribution in [3.8, 4) is 5.75 Å². The van der Waals surface area contributed by atoms with Gasteiger partial charge >= 0.3 is 5.97 Å². The van der Waals surface area contributed by atoms with Crippen LogP contribution in [-0.2, 0) is 5.41 Å². The first-order valence-electron chi connectivity index (χ1n) is 9.08. The van der Waals surface area contributed by atoms with Gasteiger partial charge in [-0.3, -0.25) is 0 Å². The van der Waals surface area contributed by atoms with Gasteiger partial charge in [0.25, 0.3) is 0 Å². The molecule has 3 heteroatoms. The van der Waals surface area contributed by atoms with Gasteiger partial charge in [0, 0.05) is 11.5 Å². The Kier molecular flexibility index (Phi) is 5.50. The molecule has 0 bridgehead atoms. The highest BCUT2D eigenvalue weighted by Crippen LogP contribution is 2.41. The van der Waals surface area contributed by atoms with Crippen LogP contribution >= 0.6 is 0 Å². The van der Waals surface area contributed by atoms with E-state index in [-0.39, 0.29) is 28.1 Å². The third kappa shape index (κ3) is 4.46. The highest BCUT2D eigenvalue weighted by Gasteiger charge is 2.30. The van der Waals surface area contributed by atoms with E-state index in [4.69, 9.17) is 0 Å². The van der Waals surface area contributed by atoms with Gasteiger partial charge in [-0.25, -0.2) is 4.79 Å². The number of carboxylic acids is 1. The number of aromatic hydroxyl groups is 1. The molecule has 0 heterocycles. The Morgan fingerprint density at radius 1 is 1.04 bits per heavy atom. The van der Waals surface area contributed by atoms with Crippen LogP contribution in [0.5, 0.6) is 5.75 Å². The lowest BCUT2D eigenvalue weighted by atomic mass is 9.71. The van der Waals surface area contributed by atoms with Crippen LogP contribution in [0.2, 0.25) is 0 Å². The second-order valence-corrected chi connectivity index (χ2v) is 9.02. The summed E-state index contributed by atoms with van der Waals surface area (Å²) in [6, 6.07) is 13.5. The Balaban J connectivity index is 2.62. The molecule has 2 aromatic carbocycles. The fourth-order valence-electron chi connectivity index (χ4n) is 3.89. The summed E-state index contributed by atoms with van der Waals surface area (Å²) >= 11 is 0. The topological polar surface area (TPSA) is 57.5 Å². The number of carboxylic acid groups (broad SMARTS) is 1. The Hall–Kier alpha value is -2.29. The molecule has 2 N–H and O–H groups in total. The largest absolute Gasteiger partial charge is 0.507 e. The minimum absolute atomic E-state index is 0.0257. The van der Waals surface area contributed by atoms with Crippen LogP contribution in [-0.4, -0.2) is 16.2 Å². The molecule has 26 heavy (non-hydrogen) atoms. The quantitative estimate of drug-likeness (QED) is 0.697. The van der Waals surface area contributed by atoms with Crippen molar-refractivity contribution in [3.63, 3.8) is 0 Å². The molecule has 0 aliphatic rings. The fourth-order valence-corrected chi connectivity index (χ4v) is 3.89. The molecule has 0 aliphatic heterocycles. The number of carbonyl (C=O) groups is 1. The van der Waals surface area contributed by atoms with Gasteiger partial charge in [0.1, 0.15) is 11.3 Å². The van der Waals surface area contributed by atoms with Gasteiger partial charge < -0.3 is 10.2 Å². The summed E-state index contributed by atoms with van der Waals surface area (Å²) in [6.45, 7) is 12.8. The van der Waals surface area contributed by atoms with Crippen molar-refractivity contribution in [2.45, 2.75) is 59.3 Å². The van der Waals surface area contributed by atoms with Crippen LogP contribution in [0, 0.1) is 5.41 Å². The minimum atomic E-state index is -1.10. The summed E-state index contributed by atoms with van der Waals surface area (Å²) < 4.78 is 0. The Morgan fingerprint density at radius 2 is 1.62 bits per heavy atom. The summed E-state index contributed by atoms with van der Waals surface area (Å²) in [6.07, 6.45) is 0.906. The van der Waals surface area contributed by atoms with E-state index in [0.29, 0.717) is 5.56 Å². The molecule has 140 valence electrons. The second-order valence-electron chi connectivity index (χ2n) is 9.02. The molecule has 1 atom stereocenters. The smallest absolute Gasteiger partial charge is 0.339 e. The molecular formula is C23H30O3. The number of phenols is 1. The van der Waals surface area contributed by atoms with Crippen LogP contribution in [0.15, 0.2) is 42.5 Å². The first-order chi connectivity index (χ1) is 11.9. The van der Waals surface area contributed by atoms with Gasteiger partial charge in [0.2, 0.25) is 0 Å². The molecular weight excluding hydrogens is 324 g/mol. The maximum absolute atomic E-state index is 11.7. The van der Waals surface area contributed by atoms with Gasteiger partial charge in [-0.05, 0) is 34.4 Å². The molecule has 0 aromatic heterocycles. The first-order valence-corrected chi connectivity index (χ1v) is 9.08. The monoisotopic (exact) mass is 354 g/mol. The standard InChI is InChI=1S/C23H30O3/c1-15(16-10-8-7-9-11-16)18-12-17(13-19(20(18)24)21(25)26)23(5,6)14-22(2,3)4/h7-13,15,24H,14H2,1-6H3,(H,25,26). The van der Waals surface area contributed by atoms with Crippen molar-refractivity contribution in [1.29, 1.82) is 0 Å². The zero-order valence-corrected chi connectivity index (χ0v) is 16.6. The number of hydrogen-bond donors (Lipinski definition) is 2. The van der Waals surface area contributed by atoms with E-state index in [1.807, 2.05) is 43.3 Å². The molecule has 2 rings (SSSR count). The van der Waals surface area contributed by atoms with E-state index in [0.717, 1.165) is 17.5 Å². The van der Waals surface area contributed by atoms with Crippen molar-refractivity contribution in [1.82, 2.24) is 0 Å². The van der Waals surface area contributed by atoms with E-state index in [1.54, 1.807) is 6.07 Å². The molecule has 0 spiro atoms. The SMILES string of the molecule is CC(c1ccccc1)c1cc(C(C)(C)CC(C)(C)C)cc(C(=O)O)c1O. The van der Waals surface area contributed by atoms with E-state index in [9.17, 15) is 15.0 Å². The Morgan fingerprint density at radius 3 is 2.12 bits per heavy atom. The number of rotatable bonds is 5. The van der Waals surface area contributed by atoms with Crippen LogP contribution in [0.25, 0.3) is 0 Å². The molecule has 0 aliphatic carbocycles. The predicted molar refractivity (Wildman–Crippen MR) is 106 cm³/mol. The third-order valence-corrected chi connectivity index (χ3v) is 4.89. The van der Waals surface area contributed by atoms with Gasteiger partial charge in [0.05, 0.1) is 0 Å². The number of benzene rings is 2. The Bertz CT molecular complexity index is 783. The lowest BCUT2D eigenvalue weighted by Crippen LogP contribution is -2.25.